The third-order valence-electron chi connectivity index (χ3n) is 4.01. The summed E-state index contributed by atoms with van der Waals surface area (Å²) in [7, 11) is 0. The molecule has 2 aromatic carbocycles. The van der Waals surface area contributed by atoms with Gasteiger partial charge < -0.3 is 9.84 Å². The Morgan fingerprint density at radius 2 is 1.60 bits per heavy atom. The fraction of sp³-hybridized carbons (Fsp3) is 0.333. The lowest BCUT2D eigenvalue weighted by Crippen LogP contribution is -2.20. The van der Waals surface area contributed by atoms with Gasteiger partial charge >= 0.3 is 0 Å². The Morgan fingerprint density at radius 1 is 0.950 bits per heavy atom. The van der Waals surface area contributed by atoms with Crippen LogP contribution in [0.1, 0.15) is 46.4 Å². The highest BCUT2D eigenvalue weighted by Gasteiger charge is 2.28. The molecule has 104 valence electrons. The summed E-state index contributed by atoms with van der Waals surface area (Å²) >= 11 is 0. The molecule has 0 amide bonds. The molecule has 1 heterocycles. The lowest BCUT2D eigenvalue weighted by Gasteiger charge is -2.31. The Hall–Kier alpha value is -1.80. The van der Waals surface area contributed by atoms with E-state index in [1.807, 2.05) is 25.1 Å². The number of hydrogen-bond acceptors (Lipinski definition) is 2. The van der Waals surface area contributed by atoms with Gasteiger partial charge in [-0.3, -0.25) is 0 Å². The molecule has 0 aromatic heterocycles. The Bertz CT molecular complexity index is 646. The van der Waals surface area contributed by atoms with Crippen LogP contribution in [0.4, 0.5) is 0 Å². The Labute approximate surface area is 120 Å². The molecule has 0 aliphatic carbocycles. The van der Waals surface area contributed by atoms with E-state index in [9.17, 15) is 5.11 Å². The van der Waals surface area contributed by atoms with Crippen LogP contribution in [-0.2, 0) is 0 Å². The van der Waals surface area contributed by atoms with Crippen molar-refractivity contribution in [2.75, 3.05) is 0 Å². The van der Waals surface area contributed by atoms with Crippen LogP contribution < -0.4 is 4.74 Å². The van der Waals surface area contributed by atoms with Crippen molar-refractivity contribution >= 4 is 0 Å². The first-order valence-corrected chi connectivity index (χ1v) is 7.07. The van der Waals surface area contributed by atoms with Crippen molar-refractivity contribution in [3.05, 3.63) is 64.2 Å². The van der Waals surface area contributed by atoms with Crippen LogP contribution in [0.25, 0.3) is 0 Å². The zero-order chi connectivity index (χ0) is 14.3. The molecule has 2 nitrogen and oxygen atoms in total. The quantitative estimate of drug-likeness (QED) is 0.841. The van der Waals surface area contributed by atoms with Crippen LogP contribution in [0.5, 0.6) is 5.75 Å². The van der Waals surface area contributed by atoms with Crippen LogP contribution in [0.2, 0.25) is 0 Å². The summed E-state index contributed by atoms with van der Waals surface area (Å²) in [5, 5.41) is 10.4. The highest BCUT2D eigenvalue weighted by molar-refractivity contribution is 5.42. The van der Waals surface area contributed by atoms with Gasteiger partial charge in [0.2, 0.25) is 0 Å². The summed E-state index contributed by atoms with van der Waals surface area (Å²) < 4.78 is 6.12. The van der Waals surface area contributed by atoms with Crippen molar-refractivity contribution in [3.8, 4) is 5.75 Å². The summed E-state index contributed by atoms with van der Waals surface area (Å²) in [5.41, 5.74) is 5.67. The Morgan fingerprint density at radius 3 is 2.35 bits per heavy atom. The van der Waals surface area contributed by atoms with Gasteiger partial charge in [-0.2, -0.15) is 0 Å². The van der Waals surface area contributed by atoms with Gasteiger partial charge in [0.1, 0.15) is 11.9 Å². The monoisotopic (exact) mass is 268 g/mol. The topological polar surface area (TPSA) is 29.5 Å². The number of benzene rings is 2. The van der Waals surface area contributed by atoms with E-state index in [0.717, 1.165) is 16.9 Å². The molecular formula is C18H20O2. The molecular weight excluding hydrogens is 248 g/mol. The lowest BCUT2D eigenvalue weighted by molar-refractivity contribution is 0.0654. The van der Waals surface area contributed by atoms with Gasteiger partial charge in [-0.15, -0.1) is 0 Å². The molecule has 0 saturated carbocycles. The molecule has 0 radical (unpaired) electrons. The second kappa shape index (κ2) is 4.95. The minimum absolute atomic E-state index is 0.0693. The fourth-order valence-corrected chi connectivity index (χ4v) is 2.86. The number of rotatable bonds is 1. The SMILES string of the molecule is Cc1ccc2c(c1)C(O)CC(c1cc(C)ccc1C)O2. The molecule has 0 bridgehead atoms. The Kier molecular flexibility index (Phi) is 3.27. The molecule has 2 unspecified atom stereocenters. The van der Waals surface area contributed by atoms with Gasteiger partial charge in [0.25, 0.3) is 0 Å². The molecule has 20 heavy (non-hydrogen) atoms. The van der Waals surface area contributed by atoms with E-state index in [1.165, 1.54) is 16.7 Å². The van der Waals surface area contributed by atoms with Crippen molar-refractivity contribution in [2.45, 2.75) is 39.4 Å². The molecule has 1 aliphatic heterocycles. The number of aliphatic hydroxyl groups excluding tert-OH is 1. The maximum absolute atomic E-state index is 10.4. The molecule has 0 saturated heterocycles. The average molecular weight is 268 g/mol. The van der Waals surface area contributed by atoms with E-state index in [-0.39, 0.29) is 6.10 Å². The zero-order valence-corrected chi connectivity index (χ0v) is 12.2. The third-order valence-corrected chi connectivity index (χ3v) is 4.01. The highest BCUT2D eigenvalue weighted by Crippen LogP contribution is 2.41. The van der Waals surface area contributed by atoms with Crippen LogP contribution in [-0.4, -0.2) is 5.11 Å². The zero-order valence-electron chi connectivity index (χ0n) is 12.2. The molecule has 0 spiro atoms. The summed E-state index contributed by atoms with van der Waals surface area (Å²) in [6, 6.07) is 12.4. The number of ether oxygens (including phenoxy) is 1. The molecule has 1 N–H and O–H groups in total. The average Bonchev–Trinajstić information content (AvgIpc) is 2.42. The van der Waals surface area contributed by atoms with Gasteiger partial charge in [0.05, 0.1) is 6.10 Å². The van der Waals surface area contributed by atoms with Crippen molar-refractivity contribution < 1.29 is 9.84 Å². The minimum atomic E-state index is -0.455. The number of hydrogen-bond donors (Lipinski definition) is 1. The fourth-order valence-electron chi connectivity index (χ4n) is 2.86. The summed E-state index contributed by atoms with van der Waals surface area (Å²) in [5.74, 6) is 0.806. The molecule has 0 fully saturated rings. The van der Waals surface area contributed by atoms with E-state index in [4.69, 9.17) is 4.74 Å². The van der Waals surface area contributed by atoms with E-state index in [2.05, 4.69) is 32.0 Å². The van der Waals surface area contributed by atoms with Gasteiger partial charge in [-0.05, 0) is 44.0 Å². The van der Waals surface area contributed by atoms with E-state index < -0.39 is 6.10 Å². The van der Waals surface area contributed by atoms with Crippen molar-refractivity contribution in [3.63, 3.8) is 0 Å². The first-order valence-electron chi connectivity index (χ1n) is 7.07. The van der Waals surface area contributed by atoms with E-state index in [0.29, 0.717) is 6.42 Å². The van der Waals surface area contributed by atoms with E-state index >= 15 is 0 Å². The van der Waals surface area contributed by atoms with Crippen molar-refractivity contribution in [2.24, 2.45) is 0 Å². The van der Waals surface area contributed by atoms with E-state index in [1.54, 1.807) is 0 Å². The van der Waals surface area contributed by atoms with Crippen molar-refractivity contribution in [1.29, 1.82) is 0 Å². The highest BCUT2D eigenvalue weighted by atomic mass is 16.5. The first kappa shape index (κ1) is 13.2. The number of fused-ring (bicyclic) bond motifs is 1. The summed E-state index contributed by atoms with van der Waals surface area (Å²) in [6.45, 7) is 6.21. The minimum Gasteiger partial charge on any atom is -0.485 e. The number of aryl methyl sites for hydroxylation is 3. The second-order valence-electron chi connectivity index (χ2n) is 5.76. The van der Waals surface area contributed by atoms with Gasteiger partial charge in [0, 0.05) is 12.0 Å². The maximum Gasteiger partial charge on any atom is 0.127 e. The van der Waals surface area contributed by atoms with Crippen molar-refractivity contribution in [1.82, 2.24) is 0 Å². The Balaban J connectivity index is 1.99. The van der Waals surface area contributed by atoms with Crippen LogP contribution in [0.3, 0.4) is 0 Å². The largest absolute Gasteiger partial charge is 0.485 e. The first-order chi connectivity index (χ1) is 9.54. The molecule has 2 heteroatoms. The molecule has 2 aromatic rings. The van der Waals surface area contributed by atoms with Gasteiger partial charge in [-0.1, -0.05) is 35.4 Å². The predicted octanol–water partition coefficient (Wildman–Crippen LogP) is 4.17. The predicted molar refractivity (Wildman–Crippen MR) is 80.0 cm³/mol. The second-order valence-corrected chi connectivity index (χ2v) is 5.76. The summed E-state index contributed by atoms with van der Waals surface area (Å²) in [4.78, 5) is 0. The summed E-state index contributed by atoms with van der Waals surface area (Å²) in [6.07, 6.45) is 0.0875. The van der Waals surface area contributed by atoms with Gasteiger partial charge in [0.15, 0.2) is 0 Å². The van der Waals surface area contributed by atoms with Crippen LogP contribution in [0, 0.1) is 20.8 Å². The molecule has 3 rings (SSSR count). The molecule has 1 aliphatic rings. The normalized spacial score (nSPS) is 21.2. The third kappa shape index (κ3) is 2.32. The lowest BCUT2D eigenvalue weighted by atomic mass is 9.91. The van der Waals surface area contributed by atoms with Crippen LogP contribution >= 0.6 is 0 Å². The number of aliphatic hydroxyl groups is 1. The smallest absolute Gasteiger partial charge is 0.127 e. The standard InChI is InChI=1S/C18H20O2/c1-11-4-6-13(3)14(8-11)18-10-16(19)15-9-12(2)5-7-17(15)20-18/h4-9,16,18-19H,10H2,1-3H3. The van der Waals surface area contributed by atoms with Crippen LogP contribution in [0.15, 0.2) is 36.4 Å². The molecule has 2 atom stereocenters. The van der Waals surface area contributed by atoms with Gasteiger partial charge in [-0.25, -0.2) is 0 Å². The maximum atomic E-state index is 10.4.